The minimum Gasteiger partial charge on any atom is -0.481 e. The standard InChI is InChI=1S/C14H23NO5/c1-2-20-14(19)11-7-5-6-10-15(11)12(16)8-3-4-9-13(17)18/h11H,2-10H2,1H3,(H,17,18). The number of esters is 1. The van der Waals surface area contributed by atoms with Gasteiger partial charge in [0.25, 0.3) is 0 Å². The number of carbonyl (C=O) groups is 3. The first kappa shape index (κ1) is 16.5. The van der Waals surface area contributed by atoms with Gasteiger partial charge in [-0.3, -0.25) is 9.59 Å². The van der Waals surface area contributed by atoms with Crippen LogP contribution in [-0.2, 0) is 19.1 Å². The van der Waals surface area contributed by atoms with Crippen LogP contribution in [0.1, 0.15) is 51.9 Å². The molecule has 0 bridgehead atoms. The third kappa shape index (κ3) is 5.19. The van der Waals surface area contributed by atoms with Gasteiger partial charge in [-0.2, -0.15) is 0 Å². The molecule has 0 aromatic rings. The zero-order valence-electron chi connectivity index (χ0n) is 12.0. The predicted octanol–water partition coefficient (Wildman–Crippen LogP) is 1.58. The highest BCUT2D eigenvalue weighted by Gasteiger charge is 2.32. The molecule has 20 heavy (non-hydrogen) atoms. The Morgan fingerprint density at radius 3 is 2.55 bits per heavy atom. The molecule has 1 rings (SSSR count). The van der Waals surface area contributed by atoms with Gasteiger partial charge in [-0.15, -0.1) is 0 Å². The molecule has 114 valence electrons. The van der Waals surface area contributed by atoms with Crippen molar-refractivity contribution in [3.8, 4) is 0 Å². The number of aliphatic carboxylic acids is 1. The number of amides is 1. The molecular weight excluding hydrogens is 262 g/mol. The van der Waals surface area contributed by atoms with Gasteiger partial charge in [-0.05, 0) is 39.0 Å². The molecule has 0 spiro atoms. The maximum atomic E-state index is 12.1. The van der Waals surface area contributed by atoms with Crippen LogP contribution < -0.4 is 0 Å². The van der Waals surface area contributed by atoms with Crippen molar-refractivity contribution in [3.63, 3.8) is 0 Å². The van der Waals surface area contributed by atoms with Crippen LogP contribution in [0.3, 0.4) is 0 Å². The fourth-order valence-electron chi connectivity index (χ4n) is 2.41. The molecule has 1 N–H and O–H groups in total. The molecule has 1 unspecified atom stereocenters. The molecule has 0 radical (unpaired) electrons. The number of hydrogen-bond acceptors (Lipinski definition) is 4. The number of carbonyl (C=O) groups excluding carboxylic acids is 2. The first-order valence-electron chi connectivity index (χ1n) is 7.24. The van der Waals surface area contributed by atoms with Crippen molar-refractivity contribution in [3.05, 3.63) is 0 Å². The number of ether oxygens (including phenoxy) is 1. The number of unbranched alkanes of at least 4 members (excludes halogenated alkanes) is 1. The summed E-state index contributed by atoms with van der Waals surface area (Å²) in [6, 6.07) is -0.462. The molecule has 1 saturated heterocycles. The number of hydrogen-bond donors (Lipinski definition) is 1. The third-order valence-corrected chi connectivity index (χ3v) is 3.41. The summed E-state index contributed by atoms with van der Waals surface area (Å²) in [5.41, 5.74) is 0. The fraction of sp³-hybridized carbons (Fsp3) is 0.786. The normalized spacial score (nSPS) is 18.6. The predicted molar refractivity (Wildman–Crippen MR) is 72.1 cm³/mol. The topological polar surface area (TPSA) is 83.9 Å². The highest BCUT2D eigenvalue weighted by molar-refractivity contribution is 5.84. The highest BCUT2D eigenvalue weighted by atomic mass is 16.5. The van der Waals surface area contributed by atoms with Crippen LogP contribution in [0.2, 0.25) is 0 Å². The average Bonchev–Trinajstić information content (AvgIpc) is 2.43. The number of piperidine rings is 1. The van der Waals surface area contributed by atoms with Gasteiger partial charge in [0, 0.05) is 19.4 Å². The van der Waals surface area contributed by atoms with Gasteiger partial charge in [0.15, 0.2) is 0 Å². The van der Waals surface area contributed by atoms with Crippen molar-refractivity contribution in [1.29, 1.82) is 0 Å². The van der Waals surface area contributed by atoms with E-state index >= 15 is 0 Å². The highest BCUT2D eigenvalue weighted by Crippen LogP contribution is 2.20. The first-order valence-corrected chi connectivity index (χ1v) is 7.24. The quantitative estimate of drug-likeness (QED) is 0.567. The monoisotopic (exact) mass is 285 g/mol. The van der Waals surface area contributed by atoms with E-state index in [0.29, 0.717) is 38.8 Å². The third-order valence-electron chi connectivity index (χ3n) is 3.41. The number of rotatable bonds is 7. The molecular formula is C14H23NO5. The maximum Gasteiger partial charge on any atom is 0.328 e. The van der Waals surface area contributed by atoms with Gasteiger partial charge in [0.1, 0.15) is 6.04 Å². The maximum absolute atomic E-state index is 12.1. The van der Waals surface area contributed by atoms with E-state index in [1.807, 2.05) is 0 Å². The molecule has 0 saturated carbocycles. The second-order valence-corrected chi connectivity index (χ2v) is 4.95. The lowest BCUT2D eigenvalue weighted by atomic mass is 10.0. The molecule has 6 nitrogen and oxygen atoms in total. The molecule has 0 aromatic carbocycles. The minimum absolute atomic E-state index is 0.0758. The van der Waals surface area contributed by atoms with Crippen LogP contribution in [0.25, 0.3) is 0 Å². The number of nitrogens with zero attached hydrogens (tertiary/aromatic N) is 1. The number of likely N-dealkylation sites (tertiary alicyclic amines) is 1. The Morgan fingerprint density at radius 1 is 1.20 bits per heavy atom. The Morgan fingerprint density at radius 2 is 1.90 bits per heavy atom. The molecule has 0 aromatic heterocycles. The van der Waals surface area contributed by atoms with E-state index in [-0.39, 0.29) is 18.3 Å². The van der Waals surface area contributed by atoms with Crippen molar-refractivity contribution in [2.24, 2.45) is 0 Å². The number of carboxylic acid groups (broad SMARTS) is 1. The summed E-state index contributed by atoms with van der Waals surface area (Å²) < 4.78 is 5.01. The molecule has 1 heterocycles. The van der Waals surface area contributed by atoms with Crippen molar-refractivity contribution in [2.45, 2.75) is 57.9 Å². The molecule has 1 atom stereocenters. The van der Waals surface area contributed by atoms with E-state index in [2.05, 4.69) is 0 Å². The Labute approximate surface area is 119 Å². The summed E-state index contributed by atoms with van der Waals surface area (Å²) in [5, 5.41) is 8.54. The average molecular weight is 285 g/mol. The zero-order valence-corrected chi connectivity index (χ0v) is 12.0. The molecule has 6 heteroatoms. The van der Waals surface area contributed by atoms with Gasteiger partial charge in [0.2, 0.25) is 5.91 Å². The lowest BCUT2D eigenvalue weighted by molar-refractivity contribution is -0.156. The van der Waals surface area contributed by atoms with Gasteiger partial charge in [-0.1, -0.05) is 0 Å². The lowest BCUT2D eigenvalue weighted by Crippen LogP contribution is -2.48. The Balaban J connectivity index is 2.45. The van der Waals surface area contributed by atoms with Crippen molar-refractivity contribution < 1.29 is 24.2 Å². The summed E-state index contributed by atoms with van der Waals surface area (Å²) in [6.07, 6.45) is 3.87. The SMILES string of the molecule is CCOC(=O)C1CCCCN1C(=O)CCCCC(=O)O. The Bertz CT molecular complexity index is 355. The number of carboxylic acids is 1. The van der Waals surface area contributed by atoms with Crippen LogP contribution in [0, 0.1) is 0 Å². The molecule has 0 aliphatic carbocycles. The lowest BCUT2D eigenvalue weighted by Gasteiger charge is -2.34. The van der Waals surface area contributed by atoms with E-state index in [1.165, 1.54) is 0 Å². The molecule has 1 aliphatic rings. The summed E-state index contributed by atoms with van der Waals surface area (Å²) in [6.45, 7) is 2.65. The minimum atomic E-state index is -0.847. The Kier molecular flexibility index (Phi) is 7.04. The second-order valence-electron chi connectivity index (χ2n) is 4.95. The smallest absolute Gasteiger partial charge is 0.328 e. The van der Waals surface area contributed by atoms with Crippen LogP contribution >= 0.6 is 0 Å². The summed E-state index contributed by atoms with van der Waals surface area (Å²) in [5.74, 6) is -1.25. The van der Waals surface area contributed by atoms with E-state index < -0.39 is 12.0 Å². The van der Waals surface area contributed by atoms with Crippen molar-refractivity contribution in [2.75, 3.05) is 13.2 Å². The van der Waals surface area contributed by atoms with Crippen molar-refractivity contribution in [1.82, 2.24) is 4.90 Å². The van der Waals surface area contributed by atoms with E-state index in [1.54, 1.807) is 11.8 Å². The van der Waals surface area contributed by atoms with Crippen LogP contribution in [0.4, 0.5) is 0 Å². The van der Waals surface area contributed by atoms with Gasteiger partial charge >= 0.3 is 11.9 Å². The summed E-state index contributed by atoms with van der Waals surface area (Å²) in [7, 11) is 0. The Hall–Kier alpha value is -1.59. The van der Waals surface area contributed by atoms with Gasteiger partial charge in [0.05, 0.1) is 6.61 Å². The largest absolute Gasteiger partial charge is 0.481 e. The molecule has 1 aliphatic heterocycles. The summed E-state index contributed by atoms with van der Waals surface area (Å²) in [4.78, 5) is 36.0. The van der Waals surface area contributed by atoms with Crippen molar-refractivity contribution >= 4 is 17.8 Å². The van der Waals surface area contributed by atoms with E-state index in [0.717, 1.165) is 12.8 Å². The van der Waals surface area contributed by atoms with E-state index in [9.17, 15) is 14.4 Å². The molecule has 1 fully saturated rings. The summed E-state index contributed by atoms with van der Waals surface area (Å²) >= 11 is 0. The van der Waals surface area contributed by atoms with E-state index in [4.69, 9.17) is 9.84 Å². The van der Waals surface area contributed by atoms with Gasteiger partial charge < -0.3 is 14.7 Å². The van der Waals surface area contributed by atoms with Gasteiger partial charge in [-0.25, -0.2) is 4.79 Å². The fourth-order valence-corrected chi connectivity index (χ4v) is 2.41. The second kappa shape index (κ2) is 8.55. The zero-order chi connectivity index (χ0) is 15.0. The van der Waals surface area contributed by atoms with Crippen LogP contribution in [0.5, 0.6) is 0 Å². The first-order chi connectivity index (χ1) is 9.56. The molecule has 1 amide bonds. The van der Waals surface area contributed by atoms with Crippen LogP contribution in [-0.4, -0.2) is 47.0 Å². The van der Waals surface area contributed by atoms with Crippen LogP contribution in [0.15, 0.2) is 0 Å².